The molecule has 4 N–H and O–H groups in total. The third-order valence-electron chi connectivity index (χ3n) is 7.07. The molecule has 1 saturated carbocycles. The van der Waals surface area contributed by atoms with Gasteiger partial charge in [-0.1, -0.05) is 30.7 Å². The molecule has 0 unspecified atom stereocenters. The van der Waals surface area contributed by atoms with Gasteiger partial charge >= 0.3 is 0 Å². The van der Waals surface area contributed by atoms with Crippen molar-refractivity contribution in [1.82, 2.24) is 14.7 Å². The Hall–Kier alpha value is -3.47. The zero-order valence-electron chi connectivity index (χ0n) is 22.9. The highest BCUT2D eigenvalue weighted by Gasteiger charge is 2.21. The summed E-state index contributed by atoms with van der Waals surface area (Å²) in [7, 11) is -2.48. The van der Waals surface area contributed by atoms with E-state index in [0.717, 1.165) is 59.7 Å². The van der Waals surface area contributed by atoms with E-state index in [1.165, 1.54) is 25.3 Å². The Kier molecular flexibility index (Phi) is 9.44. The first-order chi connectivity index (χ1) is 19.1. The molecule has 1 heterocycles. The van der Waals surface area contributed by atoms with Crippen LogP contribution in [0.3, 0.4) is 0 Å². The molecule has 2 aromatic carbocycles. The summed E-state index contributed by atoms with van der Waals surface area (Å²) in [6.45, 7) is 7.49. The lowest BCUT2D eigenvalue weighted by atomic mass is 9.92. The smallest absolute Gasteiger partial charge is 0.264 e. The van der Waals surface area contributed by atoms with E-state index < -0.39 is 10.0 Å². The lowest BCUT2D eigenvalue weighted by molar-refractivity contribution is 0.308. The highest BCUT2D eigenvalue weighted by molar-refractivity contribution is 7.89. The lowest BCUT2D eigenvalue weighted by Gasteiger charge is -2.26. The third-order valence-corrected chi connectivity index (χ3v) is 8.93. The molecule has 1 aliphatic carbocycles. The summed E-state index contributed by atoms with van der Waals surface area (Å²) < 4.78 is 33.9. The van der Waals surface area contributed by atoms with Crippen molar-refractivity contribution in [3.05, 3.63) is 76.4 Å². The monoisotopic (exact) mass is 582 g/mol. The summed E-state index contributed by atoms with van der Waals surface area (Å²) in [6, 6.07) is 10.8. The fourth-order valence-electron chi connectivity index (χ4n) is 4.77. The van der Waals surface area contributed by atoms with Gasteiger partial charge < -0.3 is 15.8 Å². The standard InChI is InChI=1S/C29H35ClN6O3S/c1-5-19-14-20(15-21-17-33-29(35-28(19)21)34-23-12-10-22(31)11-13-23)18(2)25(39-4)16-27(32-3)36-40(37,38)26-9-7-6-8-24(26)30/h6-9,14-17,22-23,36H,3,5,10-13,31H2,1-2,4H3,(H,33,34,35)/b25-18-,27-16+. The number of aromatic nitrogens is 2. The Bertz CT molecular complexity index is 1560. The Balaban J connectivity index is 1.65. The number of nitrogens with one attached hydrogen (secondary N) is 2. The number of nitrogens with two attached hydrogens (primary N) is 1. The van der Waals surface area contributed by atoms with Crippen LogP contribution in [0, 0.1) is 0 Å². The number of fused-ring (bicyclic) bond motifs is 1. The van der Waals surface area contributed by atoms with E-state index in [0.29, 0.717) is 17.7 Å². The largest absolute Gasteiger partial charge is 0.496 e. The van der Waals surface area contributed by atoms with Crippen LogP contribution in [0.1, 0.15) is 50.7 Å². The molecule has 4 rings (SSSR count). The summed E-state index contributed by atoms with van der Waals surface area (Å²) in [4.78, 5) is 13.2. The molecule has 0 radical (unpaired) electrons. The van der Waals surface area contributed by atoms with Gasteiger partial charge in [-0.2, -0.15) is 0 Å². The number of hydrogen-bond donors (Lipinski definition) is 3. The molecular formula is C29H35ClN6O3S. The highest BCUT2D eigenvalue weighted by atomic mass is 35.5. The van der Waals surface area contributed by atoms with E-state index in [1.54, 1.807) is 12.1 Å². The van der Waals surface area contributed by atoms with Crippen molar-refractivity contribution < 1.29 is 13.2 Å². The van der Waals surface area contributed by atoms with Crippen molar-refractivity contribution >= 4 is 50.8 Å². The van der Waals surface area contributed by atoms with E-state index in [9.17, 15) is 8.42 Å². The van der Waals surface area contributed by atoms with Crippen LogP contribution >= 0.6 is 11.6 Å². The van der Waals surface area contributed by atoms with Gasteiger partial charge in [-0.05, 0) is 86.7 Å². The fourth-order valence-corrected chi connectivity index (χ4v) is 6.30. The fraction of sp³-hybridized carbons (Fsp3) is 0.345. The van der Waals surface area contributed by atoms with Gasteiger partial charge in [-0.3, -0.25) is 4.72 Å². The number of nitrogens with zero attached hydrogens (tertiary/aromatic N) is 3. The molecule has 0 spiro atoms. The number of halogens is 1. The molecule has 0 saturated heterocycles. The molecule has 40 heavy (non-hydrogen) atoms. The van der Waals surface area contributed by atoms with Crippen LogP contribution < -0.4 is 15.8 Å². The summed E-state index contributed by atoms with van der Waals surface area (Å²) >= 11 is 6.10. The number of rotatable bonds is 10. The average Bonchev–Trinajstić information content (AvgIpc) is 2.95. The minimum Gasteiger partial charge on any atom is -0.496 e. The third kappa shape index (κ3) is 6.80. The van der Waals surface area contributed by atoms with Crippen LogP contribution in [-0.2, 0) is 21.2 Å². The number of aryl methyl sites for hydroxylation is 1. The van der Waals surface area contributed by atoms with Crippen molar-refractivity contribution in [3.8, 4) is 0 Å². The van der Waals surface area contributed by atoms with Crippen molar-refractivity contribution in [1.29, 1.82) is 0 Å². The van der Waals surface area contributed by atoms with Gasteiger partial charge in [0, 0.05) is 29.7 Å². The van der Waals surface area contributed by atoms with Crippen LogP contribution in [0.2, 0.25) is 5.02 Å². The summed E-state index contributed by atoms with van der Waals surface area (Å²) in [5.74, 6) is 1.03. The summed E-state index contributed by atoms with van der Waals surface area (Å²) in [5, 5.41) is 4.47. The number of anilines is 1. The molecule has 3 aromatic rings. The number of aliphatic imine (C=N–C) groups is 1. The first-order valence-corrected chi connectivity index (χ1v) is 15.0. The Labute approximate surface area is 240 Å². The van der Waals surface area contributed by atoms with Crippen LogP contribution in [0.15, 0.2) is 70.1 Å². The number of methoxy groups -OCH3 is 1. The molecular weight excluding hydrogens is 548 g/mol. The molecule has 1 aromatic heterocycles. The number of sulfonamides is 1. The predicted octanol–water partition coefficient (Wildman–Crippen LogP) is 5.43. The van der Waals surface area contributed by atoms with E-state index in [2.05, 4.69) is 39.7 Å². The second-order valence-electron chi connectivity index (χ2n) is 9.79. The van der Waals surface area contributed by atoms with Gasteiger partial charge in [0.25, 0.3) is 10.0 Å². The zero-order valence-corrected chi connectivity index (χ0v) is 24.5. The first-order valence-electron chi connectivity index (χ1n) is 13.2. The Morgan fingerprint density at radius 1 is 1.25 bits per heavy atom. The van der Waals surface area contributed by atoms with Crippen molar-refractivity contribution in [2.45, 2.75) is 62.9 Å². The van der Waals surface area contributed by atoms with Gasteiger partial charge in [0.15, 0.2) is 0 Å². The maximum atomic E-state index is 12.9. The number of allylic oxidation sites excluding steroid dienone is 2. The SMILES string of the molecule is C=N/C(=C\C(OC)=C(/C)c1cc(CC)c2nc(NC3CCC(N)CC3)ncc2c1)NS(=O)(=O)c1ccccc1Cl. The van der Waals surface area contributed by atoms with E-state index >= 15 is 0 Å². The highest BCUT2D eigenvalue weighted by Crippen LogP contribution is 2.29. The maximum Gasteiger partial charge on any atom is 0.264 e. The summed E-state index contributed by atoms with van der Waals surface area (Å²) in [6.07, 6.45) is 8.10. The average molecular weight is 583 g/mol. The van der Waals surface area contributed by atoms with Crippen LogP contribution in [0.5, 0.6) is 0 Å². The quantitative estimate of drug-likeness (QED) is 0.165. The number of ether oxygens (including phenoxy) is 1. The minimum atomic E-state index is -3.99. The van der Waals surface area contributed by atoms with Gasteiger partial charge in [0.2, 0.25) is 5.95 Å². The van der Waals surface area contributed by atoms with Crippen LogP contribution in [0.25, 0.3) is 16.5 Å². The van der Waals surface area contributed by atoms with Gasteiger partial charge in [0.1, 0.15) is 16.5 Å². The molecule has 0 amide bonds. The minimum absolute atomic E-state index is 0.00431. The van der Waals surface area contributed by atoms with E-state index in [1.807, 2.05) is 19.2 Å². The molecule has 1 aliphatic rings. The van der Waals surface area contributed by atoms with Gasteiger partial charge in [0.05, 0.1) is 17.6 Å². The Morgan fingerprint density at radius 3 is 2.62 bits per heavy atom. The predicted molar refractivity (Wildman–Crippen MR) is 162 cm³/mol. The van der Waals surface area contributed by atoms with Gasteiger partial charge in [-0.25, -0.2) is 23.4 Å². The van der Waals surface area contributed by atoms with E-state index in [-0.39, 0.29) is 21.8 Å². The molecule has 0 bridgehead atoms. The number of hydrogen-bond acceptors (Lipinski definition) is 8. The zero-order chi connectivity index (χ0) is 28.9. The van der Waals surface area contributed by atoms with Crippen LogP contribution in [0.4, 0.5) is 5.95 Å². The molecule has 11 heteroatoms. The summed E-state index contributed by atoms with van der Waals surface area (Å²) in [5.41, 5.74) is 9.66. The molecule has 0 atom stereocenters. The second-order valence-corrected chi connectivity index (χ2v) is 11.9. The Morgan fingerprint density at radius 2 is 1.98 bits per heavy atom. The first kappa shape index (κ1) is 29.5. The van der Waals surface area contributed by atoms with Crippen molar-refractivity contribution in [2.75, 3.05) is 12.4 Å². The van der Waals surface area contributed by atoms with Gasteiger partial charge in [-0.15, -0.1) is 0 Å². The molecule has 9 nitrogen and oxygen atoms in total. The maximum absolute atomic E-state index is 12.9. The van der Waals surface area contributed by atoms with Crippen molar-refractivity contribution in [3.63, 3.8) is 0 Å². The van der Waals surface area contributed by atoms with Crippen LogP contribution in [-0.4, -0.2) is 44.3 Å². The van der Waals surface area contributed by atoms with Crippen molar-refractivity contribution in [2.24, 2.45) is 10.7 Å². The number of benzene rings is 2. The normalized spacial score (nSPS) is 18.7. The van der Waals surface area contributed by atoms with E-state index in [4.69, 9.17) is 27.1 Å². The lowest BCUT2D eigenvalue weighted by Crippen LogP contribution is -2.33. The topological polar surface area (TPSA) is 132 Å². The molecule has 0 aliphatic heterocycles. The molecule has 212 valence electrons. The second kappa shape index (κ2) is 12.8. The molecule has 1 fully saturated rings.